The highest BCUT2D eigenvalue weighted by Crippen LogP contribution is 2.13. The third-order valence-corrected chi connectivity index (χ3v) is 4.87. The second kappa shape index (κ2) is 18.2. The SMILES string of the molecule is CCCCCCCCCCCCCCCCN(CC(O)CO)C(C)=O. The second-order valence-corrected chi connectivity index (χ2v) is 7.40. The molecule has 25 heavy (non-hydrogen) atoms. The summed E-state index contributed by atoms with van der Waals surface area (Å²) in [5.74, 6) is -0.0257. The number of unbranched alkanes of at least 4 members (excludes halogenated alkanes) is 13. The maximum Gasteiger partial charge on any atom is 0.219 e. The molecule has 0 radical (unpaired) electrons. The molecule has 1 amide bonds. The van der Waals surface area contributed by atoms with Crippen molar-refractivity contribution in [2.45, 2.75) is 110 Å². The number of rotatable bonds is 18. The molecule has 0 saturated heterocycles. The van der Waals surface area contributed by atoms with Crippen molar-refractivity contribution in [1.29, 1.82) is 0 Å². The van der Waals surface area contributed by atoms with Gasteiger partial charge in [0.05, 0.1) is 12.7 Å². The summed E-state index contributed by atoms with van der Waals surface area (Å²) < 4.78 is 0. The molecule has 150 valence electrons. The minimum Gasteiger partial charge on any atom is -0.394 e. The van der Waals surface area contributed by atoms with Crippen LogP contribution < -0.4 is 0 Å². The van der Waals surface area contributed by atoms with E-state index in [9.17, 15) is 9.90 Å². The molecule has 0 bridgehead atoms. The Labute approximate surface area is 156 Å². The molecule has 0 aromatic rings. The van der Waals surface area contributed by atoms with Crippen molar-refractivity contribution in [3.05, 3.63) is 0 Å². The molecule has 1 unspecified atom stereocenters. The minimum absolute atomic E-state index is 0.0257. The highest BCUT2D eigenvalue weighted by atomic mass is 16.3. The van der Waals surface area contributed by atoms with Gasteiger partial charge in [0.15, 0.2) is 0 Å². The third kappa shape index (κ3) is 16.6. The number of aliphatic hydroxyl groups excluding tert-OH is 2. The van der Waals surface area contributed by atoms with E-state index in [1.54, 1.807) is 4.90 Å². The van der Waals surface area contributed by atoms with E-state index in [-0.39, 0.29) is 19.1 Å². The normalized spacial score (nSPS) is 12.3. The molecule has 0 aliphatic rings. The van der Waals surface area contributed by atoms with Gasteiger partial charge in [0.1, 0.15) is 0 Å². The Kier molecular flexibility index (Phi) is 17.7. The lowest BCUT2D eigenvalue weighted by Gasteiger charge is -2.23. The largest absolute Gasteiger partial charge is 0.394 e. The number of hydrogen-bond donors (Lipinski definition) is 2. The maximum atomic E-state index is 11.5. The number of hydrogen-bond acceptors (Lipinski definition) is 3. The van der Waals surface area contributed by atoms with Crippen LogP contribution in [-0.4, -0.2) is 46.8 Å². The molecule has 4 nitrogen and oxygen atoms in total. The number of carbonyl (C=O) groups excluding carboxylic acids is 1. The van der Waals surface area contributed by atoms with Gasteiger partial charge < -0.3 is 15.1 Å². The Morgan fingerprint density at radius 2 is 1.20 bits per heavy atom. The molecule has 0 aromatic heterocycles. The van der Waals surface area contributed by atoms with Crippen molar-refractivity contribution in [3.8, 4) is 0 Å². The molecule has 0 aromatic carbocycles. The van der Waals surface area contributed by atoms with Crippen LogP contribution in [0.25, 0.3) is 0 Å². The van der Waals surface area contributed by atoms with Gasteiger partial charge >= 0.3 is 0 Å². The summed E-state index contributed by atoms with van der Waals surface area (Å²) in [6.45, 7) is 4.42. The van der Waals surface area contributed by atoms with Gasteiger partial charge in [-0.1, -0.05) is 90.4 Å². The van der Waals surface area contributed by atoms with E-state index in [4.69, 9.17) is 5.11 Å². The predicted octanol–water partition coefficient (Wildman–Crippen LogP) is 4.67. The van der Waals surface area contributed by atoms with Crippen molar-refractivity contribution >= 4 is 5.91 Å². The van der Waals surface area contributed by atoms with E-state index in [2.05, 4.69) is 6.92 Å². The predicted molar refractivity (Wildman–Crippen MR) is 106 cm³/mol. The Morgan fingerprint density at radius 3 is 1.56 bits per heavy atom. The monoisotopic (exact) mass is 357 g/mol. The summed E-state index contributed by atoms with van der Waals surface area (Å²) in [6, 6.07) is 0. The van der Waals surface area contributed by atoms with E-state index in [1.165, 1.54) is 84.0 Å². The lowest BCUT2D eigenvalue weighted by molar-refractivity contribution is -0.130. The zero-order chi connectivity index (χ0) is 18.8. The summed E-state index contributed by atoms with van der Waals surface area (Å²) in [6.07, 6.45) is 17.6. The highest BCUT2D eigenvalue weighted by molar-refractivity contribution is 5.73. The maximum absolute atomic E-state index is 11.5. The van der Waals surface area contributed by atoms with Gasteiger partial charge in [0.25, 0.3) is 0 Å². The van der Waals surface area contributed by atoms with E-state index in [0.717, 1.165) is 12.8 Å². The molecular formula is C21H43NO3. The number of aliphatic hydroxyl groups is 2. The van der Waals surface area contributed by atoms with Crippen molar-refractivity contribution in [2.75, 3.05) is 19.7 Å². The van der Waals surface area contributed by atoms with Gasteiger partial charge in [-0.3, -0.25) is 4.79 Å². The van der Waals surface area contributed by atoms with Crippen LogP contribution in [0.3, 0.4) is 0 Å². The van der Waals surface area contributed by atoms with Crippen LogP contribution in [0.4, 0.5) is 0 Å². The fraction of sp³-hybridized carbons (Fsp3) is 0.952. The minimum atomic E-state index is -0.824. The first-order valence-corrected chi connectivity index (χ1v) is 10.7. The quantitative estimate of drug-likeness (QED) is 0.350. The molecule has 0 aliphatic heterocycles. The zero-order valence-corrected chi connectivity index (χ0v) is 16.8. The Bertz CT molecular complexity index is 297. The fourth-order valence-electron chi connectivity index (χ4n) is 3.19. The van der Waals surface area contributed by atoms with Crippen LogP contribution in [0.2, 0.25) is 0 Å². The molecule has 0 fully saturated rings. The van der Waals surface area contributed by atoms with Crippen molar-refractivity contribution < 1.29 is 15.0 Å². The first-order valence-electron chi connectivity index (χ1n) is 10.7. The number of nitrogens with zero attached hydrogens (tertiary/aromatic N) is 1. The van der Waals surface area contributed by atoms with Crippen LogP contribution in [0.1, 0.15) is 104 Å². The molecule has 0 saturated carbocycles. The fourth-order valence-corrected chi connectivity index (χ4v) is 3.19. The van der Waals surface area contributed by atoms with Gasteiger partial charge in [0, 0.05) is 20.0 Å². The number of amides is 1. The van der Waals surface area contributed by atoms with Crippen LogP contribution in [-0.2, 0) is 4.79 Å². The van der Waals surface area contributed by atoms with Gasteiger partial charge in [-0.05, 0) is 6.42 Å². The van der Waals surface area contributed by atoms with Crippen LogP contribution in [0.5, 0.6) is 0 Å². The second-order valence-electron chi connectivity index (χ2n) is 7.40. The third-order valence-electron chi connectivity index (χ3n) is 4.87. The molecule has 0 heterocycles. The van der Waals surface area contributed by atoms with Crippen LogP contribution >= 0.6 is 0 Å². The summed E-state index contributed by atoms with van der Waals surface area (Å²) in [5.41, 5.74) is 0. The molecule has 0 spiro atoms. The molecular weight excluding hydrogens is 314 g/mol. The Balaban J connectivity index is 3.35. The summed E-state index contributed by atoms with van der Waals surface area (Å²) in [7, 11) is 0. The standard InChI is InChI=1S/C21H43NO3/c1-3-4-5-6-7-8-9-10-11-12-13-14-15-16-17-22(20(2)24)18-21(25)19-23/h21,23,25H,3-19H2,1-2H3. The smallest absolute Gasteiger partial charge is 0.219 e. The summed E-state index contributed by atoms with van der Waals surface area (Å²) in [4.78, 5) is 13.1. The van der Waals surface area contributed by atoms with Crippen LogP contribution in [0, 0.1) is 0 Å². The van der Waals surface area contributed by atoms with Crippen molar-refractivity contribution in [1.82, 2.24) is 4.90 Å². The number of carbonyl (C=O) groups is 1. The van der Waals surface area contributed by atoms with Crippen molar-refractivity contribution in [3.63, 3.8) is 0 Å². The zero-order valence-electron chi connectivity index (χ0n) is 16.8. The van der Waals surface area contributed by atoms with E-state index < -0.39 is 6.10 Å². The van der Waals surface area contributed by atoms with Crippen LogP contribution in [0.15, 0.2) is 0 Å². The molecule has 0 aliphatic carbocycles. The molecule has 0 rings (SSSR count). The lowest BCUT2D eigenvalue weighted by Crippen LogP contribution is -2.38. The first-order chi connectivity index (χ1) is 12.1. The first kappa shape index (κ1) is 24.4. The summed E-state index contributed by atoms with van der Waals surface area (Å²) in [5, 5.41) is 18.3. The van der Waals surface area contributed by atoms with Crippen molar-refractivity contribution in [2.24, 2.45) is 0 Å². The molecule has 4 heteroatoms. The average Bonchev–Trinajstić information content (AvgIpc) is 2.60. The van der Waals surface area contributed by atoms with E-state index >= 15 is 0 Å². The highest BCUT2D eigenvalue weighted by Gasteiger charge is 2.12. The Hall–Kier alpha value is -0.610. The Morgan fingerprint density at radius 1 is 0.800 bits per heavy atom. The van der Waals surface area contributed by atoms with E-state index in [0.29, 0.717) is 6.54 Å². The molecule has 1 atom stereocenters. The topological polar surface area (TPSA) is 60.8 Å². The molecule has 2 N–H and O–H groups in total. The summed E-state index contributed by atoms with van der Waals surface area (Å²) >= 11 is 0. The van der Waals surface area contributed by atoms with Gasteiger partial charge in [-0.15, -0.1) is 0 Å². The van der Waals surface area contributed by atoms with Gasteiger partial charge in [-0.25, -0.2) is 0 Å². The average molecular weight is 358 g/mol. The lowest BCUT2D eigenvalue weighted by atomic mass is 10.0. The van der Waals surface area contributed by atoms with E-state index in [1.807, 2.05) is 0 Å². The van der Waals surface area contributed by atoms with Gasteiger partial charge in [-0.2, -0.15) is 0 Å². The van der Waals surface area contributed by atoms with Gasteiger partial charge in [0.2, 0.25) is 5.91 Å².